The Morgan fingerprint density at radius 3 is 2.17 bits per heavy atom. The summed E-state index contributed by atoms with van der Waals surface area (Å²) in [5.41, 5.74) is 9.62. The van der Waals surface area contributed by atoms with E-state index in [1.807, 2.05) is 0 Å². The van der Waals surface area contributed by atoms with Gasteiger partial charge in [0.15, 0.2) is 11.5 Å². The minimum Gasteiger partial charge on any atom is -0.493 e. The minimum atomic E-state index is -1.26. The highest BCUT2D eigenvalue weighted by Gasteiger charge is 2.27. The summed E-state index contributed by atoms with van der Waals surface area (Å²) in [7, 11) is 3.02. The van der Waals surface area contributed by atoms with E-state index in [1.165, 1.54) is 21.1 Å². The highest BCUT2D eigenvalue weighted by Crippen LogP contribution is 2.36. The number of nitrogens with two attached hydrogens (primary N) is 2. The fraction of sp³-hybridized carbons (Fsp3) is 0.417. The van der Waals surface area contributed by atoms with Crippen molar-refractivity contribution in [2.45, 2.75) is 12.5 Å². The molecule has 1 amide bonds. The van der Waals surface area contributed by atoms with E-state index < -0.39 is 11.4 Å². The molecular weight excluding hydrogens is 236 g/mol. The van der Waals surface area contributed by atoms with E-state index in [9.17, 15) is 4.79 Å². The molecule has 6 nitrogen and oxygen atoms in total. The van der Waals surface area contributed by atoms with E-state index in [2.05, 4.69) is 0 Å². The van der Waals surface area contributed by atoms with E-state index in [0.717, 1.165) is 0 Å². The molecule has 100 valence electrons. The second kappa shape index (κ2) is 5.59. The maximum atomic E-state index is 11.1. The Morgan fingerprint density at radius 1 is 1.28 bits per heavy atom. The predicted octanol–water partition coefficient (Wildman–Crippen LogP) is 0.285. The molecular formula is C12H18N2O4. The summed E-state index contributed by atoms with van der Waals surface area (Å²) in [5.74, 6) is 0.737. The monoisotopic (exact) mass is 254 g/mol. The summed E-state index contributed by atoms with van der Waals surface area (Å²) in [5, 5.41) is 0. The molecule has 0 saturated heterocycles. The van der Waals surface area contributed by atoms with Gasteiger partial charge in [0.05, 0.1) is 14.2 Å². The molecule has 1 aromatic rings. The SMILES string of the molecule is COc1cccc(OC)c1OCC(C)(N)C(N)=O. The maximum absolute atomic E-state index is 11.1. The van der Waals surface area contributed by atoms with Gasteiger partial charge < -0.3 is 25.7 Å². The Hall–Kier alpha value is -1.95. The fourth-order valence-corrected chi connectivity index (χ4v) is 1.25. The van der Waals surface area contributed by atoms with Gasteiger partial charge >= 0.3 is 0 Å². The van der Waals surface area contributed by atoms with Gasteiger partial charge in [0.1, 0.15) is 12.1 Å². The summed E-state index contributed by atoms with van der Waals surface area (Å²) in [6.07, 6.45) is 0. The van der Waals surface area contributed by atoms with E-state index in [0.29, 0.717) is 17.2 Å². The lowest BCUT2D eigenvalue weighted by Crippen LogP contribution is -2.53. The highest BCUT2D eigenvalue weighted by atomic mass is 16.5. The van der Waals surface area contributed by atoms with Crippen molar-refractivity contribution in [1.29, 1.82) is 0 Å². The van der Waals surface area contributed by atoms with Gasteiger partial charge in [-0.05, 0) is 19.1 Å². The van der Waals surface area contributed by atoms with Gasteiger partial charge in [-0.1, -0.05) is 6.07 Å². The molecule has 0 aliphatic carbocycles. The highest BCUT2D eigenvalue weighted by molar-refractivity contribution is 5.84. The molecule has 0 heterocycles. The predicted molar refractivity (Wildman–Crippen MR) is 66.8 cm³/mol. The van der Waals surface area contributed by atoms with Crippen molar-refractivity contribution < 1.29 is 19.0 Å². The minimum absolute atomic E-state index is 0.0704. The standard InChI is InChI=1S/C12H18N2O4/c1-12(14,11(13)15)7-18-10-8(16-2)5-4-6-9(10)17-3/h4-6H,7,14H2,1-3H3,(H2,13,15). The molecule has 4 N–H and O–H groups in total. The average molecular weight is 254 g/mol. The molecule has 0 radical (unpaired) electrons. The molecule has 1 atom stereocenters. The third-order valence-corrected chi connectivity index (χ3v) is 2.46. The van der Waals surface area contributed by atoms with Crippen molar-refractivity contribution in [2.75, 3.05) is 20.8 Å². The largest absolute Gasteiger partial charge is 0.493 e. The number of hydrogen-bond acceptors (Lipinski definition) is 5. The summed E-state index contributed by atoms with van der Waals surface area (Å²) >= 11 is 0. The van der Waals surface area contributed by atoms with Crippen LogP contribution in [-0.4, -0.2) is 32.3 Å². The summed E-state index contributed by atoms with van der Waals surface area (Å²) in [4.78, 5) is 11.1. The van der Waals surface area contributed by atoms with Crippen LogP contribution in [0.1, 0.15) is 6.92 Å². The first-order valence-electron chi connectivity index (χ1n) is 5.35. The van der Waals surface area contributed by atoms with Crippen molar-refractivity contribution in [3.63, 3.8) is 0 Å². The molecule has 1 unspecified atom stereocenters. The van der Waals surface area contributed by atoms with Crippen LogP contribution in [0.3, 0.4) is 0 Å². The Bertz CT molecular complexity index is 410. The zero-order chi connectivity index (χ0) is 13.8. The molecule has 6 heteroatoms. The molecule has 18 heavy (non-hydrogen) atoms. The van der Waals surface area contributed by atoms with Crippen molar-refractivity contribution >= 4 is 5.91 Å². The number of amides is 1. The van der Waals surface area contributed by atoms with Gasteiger partial charge in [-0.3, -0.25) is 4.79 Å². The first kappa shape index (κ1) is 14.1. The fourth-order valence-electron chi connectivity index (χ4n) is 1.25. The normalized spacial score (nSPS) is 13.6. The number of primary amides is 1. The van der Waals surface area contributed by atoms with Crippen LogP contribution < -0.4 is 25.7 Å². The van der Waals surface area contributed by atoms with Crippen LogP contribution in [0.4, 0.5) is 0 Å². The average Bonchev–Trinajstić information content (AvgIpc) is 2.35. The van der Waals surface area contributed by atoms with Crippen molar-refractivity contribution in [3.8, 4) is 17.2 Å². The van der Waals surface area contributed by atoms with Crippen molar-refractivity contribution in [1.82, 2.24) is 0 Å². The van der Waals surface area contributed by atoms with Gasteiger partial charge in [0, 0.05) is 0 Å². The van der Waals surface area contributed by atoms with E-state index in [-0.39, 0.29) is 6.61 Å². The smallest absolute Gasteiger partial charge is 0.240 e. The summed E-state index contributed by atoms with van der Waals surface area (Å²) in [6.45, 7) is 1.43. The van der Waals surface area contributed by atoms with Crippen molar-refractivity contribution in [2.24, 2.45) is 11.5 Å². The Morgan fingerprint density at radius 2 is 1.78 bits per heavy atom. The quantitative estimate of drug-likeness (QED) is 0.760. The Balaban J connectivity index is 2.93. The van der Waals surface area contributed by atoms with Crippen LogP contribution in [0.5, 0.6) is 17.2 Å². The van der Waals surface area contributed by atoms with Crippen LogP contribution in [0.25, 0.3) is 0 Å². The topological polar surface area (TPSA) is 96.8 Å². The Kier molecular flexibility index (Phi) is 4.38. The molecule has 0 aliphatic rings. The van der Waals surface area contributed by atoms with Gasteiger partial charge in [-0.15, -0.1) is 0 Å². The zero-order valence-electron chi connectivity index (χ0n) is 10.7. The number of rotatable bonds is 6. The van der Waals surface area contributed by atoms with E-state index >= 15 is 0 Å². The van der Waals surface area contributed by atoms with Crippen LogP contribution in [-0.2, 0) is 4.79 Å². The zero-order valence-corrected chi connectivity index (χ0v) is 10.7. The lowest BCUT2D eigenvalue weighted by atomic mass is 10.1. The number of carbonyl (C=O) groups excluding carboxylic acids is 1. The summed E-state index contributed by atoms with van der Waals surface area (Å²) in [6, 6.07) is 5.20. The molecule has 0 spiro atoms. The lowest BCUT2D eigenvalue weighted by molar-refractivity contribution is -0.123. The molecule has 0 fully saturated rings. The third kappa shape index (κ3) is 3.04. The van der Waals surface area contributed by atoms with E-state index in [4.69, 9.17) is 25.7 Å². The van der Waals surface area contributed by atoms with Gasteiger partial charge in [-0.25, -0.2) is 0 Å². The number of ether oxygens (including phenoxy) is 3. The Labute approximate surface area is 106 Å². The number of benzene rings is 1. The number of methoxy groups -OCH3 is 2. The summed E-state index contributed by atoms with van der Waals surface area (Å²) < 4.78 is 15.8. The molecule has 0 aliphatic heterocycles. The molecule has 0 aromatic heterocycles. The number of hydrogen-bond donors (Lipinski definition) is 2. The van der Waals surface area contributed by atoms with Gasteiger partial charge in [-0.2, -0.15) is 0 Å². The number of carbonyl (C=O) groups is 1. The lowest BCUT2D eigenvalue weighted by Gasteiger charge is -2.22. The third-order valence-electron chi connectivity index (χ3n) is 2.46. The second-order valence-corrected chi connectivity index (χ2v) is 4.06. The van der Waals surface area contributed by atoms with Crippen LogP contribution >= 0.6 is 0 Å². The first-order chi connectivity index (χ1) is 8.42. The van der Waals surface area contributed by atoms with Crippen LogP contribution in [0.2, 0.25) is 0 Å². The van der Waals surface area contributed by atoms with Crippen molar-refractivity contribution in [3.05, 3.63) is 18.2 Å². The second-order valence-electron chi connectivity index (χ2n) is 4.06. The number of para-hydroxylation sites is 1. The first-order valence-corrected chi connectivity index (χ1v) is 5.35. The van der Waals surface area contributed by atoms with E-state index in [1.54, 1.807) is 18.2 Å². The molecule has 1 aromatic carbocycles. The van der Waals surface area contributed by atoms with Crippen LogP contribution in [0.15, 0.2) is 18.2 Å². The molecule has 1 rings (SSSR count). The van der Waals surface area contributed by atoms with Crippen LogP contribution in [0, 0.1) is 0 Å². The molecule has 0 saturated carbocycles. The maximum Gasteiger partial charge on any atom is 0.240 e. The van der Waals surface area contributed by atoms with Gasteiger partial charge in [0.2, 0.25) is 11.7 Å². The van der Waals surface area contributed by atoms with Gasteiger partial charge in [0.25, 0.3) is 0 Å². The molecule has 0 bridgehead atoms.